The first kappa shape index (κ1) is 17.6. The third-order valence-corrected chi connectivity index (χ3v) is 4.58. The van der Waals surface area contributed by atoms with E-state index in [0.717, 1.165) is 43.6 Å². The van der Waals surface area contributed by atoms with Gasteiger partial charge in [0.1, 0.15) is 11.6 Å². The molecular formula is C15H21N7O2S. The van der Waals surface area contributed by atoms with Crippen molar-refractivity contribution >= 4 is 28.3 Å². The monoisotopic (exact) mass is 363 g/mol. The molecule has 0 aromatic carbocycles. The Labute approximate surface area is 150 Å². The molecule has 3 heterocycles. The molecule has 0 unspecified atom stereocenters. The van der Waals surface area contributed by atoms with Gasteiger partial charge in [0.25, 0.3) is 0 Å². The molecule has 0 aliphatic carbocycles. The number of aromatic nitrogens is 4. The molecule has 25 heavy (non-hydrogen) atoms. The van der Waals surface area contributed by atoms with Gasteiger partial charge in [0.15, 0.2) is 0 Å². The van der Waals surface area contributed by atoms with E-state index in [9.17, 15) is 4.79 Å². The number of nitrogens with zero attached hydrogens (tertiary/aromatic N) is 6. The Morgan fingerprint density at radius 1 is 1.24 bits per heavy atom. The third kappa shape index (κ3) is 5.15. The first-order valence-electron chi connectivity index (χ1n) is 8.10. The summed E-state index contributed by atoms with van der Waals surface area (Å²) in [6, 6.07) is 1.81. The lowest BCUT2D eigenvalue weighted by molar-refractivity contribution is -0.117. The summed E-state index contributed by atoms with van der Waals surface area (Å²) in [4.78, 5) is 25.1. The fourth-order valence-corrected chi connectivity index (χ4v) is 3.36. The summed E-state index contributed by atoms with van der Waals surface area (Å²) in [6.45, 7) is 4.07. The second-order valence-corrected chi connectivity index (χ2v) is 6.71. The van der Waals surface area contributed by atoms with Crippen molar-refractivity contribution in [2.45, 2.75) is 13.0 Å². The summed E-state index contributed by atoms with van der Waals surface area (Å²) < 4.78 is 5.00. The van der Waals surface area contributed by atoms with Gasteiger partial charge in [0.2, 0.25) is 17.0 Å². The summed E-state index contributed by atoms with van der Waals surface area (Å²) >= 11 is 1.33. The van der Waals surface area contributed by atoms with Gasteiger partial charge in [-0.05, 0) is 12.5 Å². The average molecular weight is 363 g/mol. The summed E-state index contributed by atoms with van der Waals surface area (Å²) in [5.74, 6) is 0.665. The molecule has 3 rings (SSSR count). The number of nitrogens with one attached hydrogen (secondary N) is 1. The molecule has 1 aliphatic heterocycles. The zero-order chi connectivity index (χ0) is 17.5. The van der Waals surface area contributed by atoms with E-state index < -0.39 is 0 Å². The second-order valence-electron chi connectivity index (χ2n) is 5.65. The Kier molecular flexibility index (Phi) is 6.20. The zero-order valence-corrected chi connectivity index (χ0v) is 14.9. The van der Waals surface area contributed by atoms with Gasteiger partial charge in [-0.1, -0.05) is 11.3 Å². The van der Waals surface area contributed by atoms with Crippen LogP contribution in [0.1, 0.15) is 11.4 Å². The zero-order valence-electron chi connectivity index (χ0n) is 14.1. The molecule has 134 valence electrons. The van der Waals surface area contributed by atoms with Crippen molar-refractivity contribution in [1.29, 1.82) is 0 Å². The van der Waals surface area contributed by atoms with Crippen molar-refractivity contribution in [2.24, 2.45) is 0 Å². The maximum Gasteiger partial charge on any atom is 0.240 e. The lowest BCUT2D eigenvalue weighted by Crippen LogP contribution is -2.36. The molecule has 1 saturated heterocycles. The minimum absolute atomic E-state index is 0.0791. The summed E-state index contributed by atoms with van der Waals surface area (Å²) in [6.07, 6.45) is 4.46. The number of amides is 1. The SMILES string of the molecule is COCc1nnc(NC(=O)CN2CCCN(c3ncccn3)CC2)s1. The summed E-state index contributed by atoms with van der Waals surface area (Å²) in [5.41, 5.74) is 0. The molecule has 0 bridgehead atoms. The van der Waals surface area contributed by atoms with Crippen LogP contribution in [0, 0.1) is 0 Å². The maximum absolute atomic E-state index is 12.2. The van der Waals surface area contributed by atoms with Crippen molar-refractivity contribution < 1.29 is 9.53 Å². The Hall–Kier alpha value is -2.17. The number of rotatable bonds is 6. The van der Waals surface area contributed by atoms with Crippen molar-refractivity contribution in [2.75, 3.05) is 50.1 Å². The number of anilines is 2. The van der Waals surface area contributed by atoms with Gasteiger partial charge in [-0.15, -0.1) is 10.2 Å². The molecule has 0 radical (unpaired) electrons. The van der Waals surface area contributed by atoms with Gasteiger partial charge in [-0.2, -0.15) is 0 Å². The molecular weight excluding hydrogens is 342 g/mol. The topological polar surface area (TPSA) is 96.4 Å². The maximum atomic E-state index is 12.2. The van der Waals surface area contributed by atoms with E-state index in [1.165, 1.54) is 11.3 Å². The van der Waals surface area contributed by atoms with Crippen LogP contribution >= 0.6 is 11.3 Å². The van der Waals surface area contributed by atoms with Crippen LogP contribution in [-0.4, -0.2) is 70.8 Å². The molecule has 1 amide bonds. The molecule has 1 N–H and O–H groups in total. The van der Waals surface area contributed by atoms with E-state index in [4.69, 9.17) is 4.74 Å². The largest absolute Gasteiger partial charge is 0.377 e. The van der Waals surface area contributed by atoms with Gasteiger partial charge >= 0.3 is 0 Å². The van der Waals surface area contributed by atoms with Crippen LogP contribution in [0.2, 0.25) is 0 Å². The fraction of sp³-hybridized carbons (Fsp3) is 0.533. The number of carbonyl (C=O) groups excluding carboxylic acids is 1. The smallest absolute Gasteiger partial charge is 0.240 e. The minimum atomic E-state index is -0.0791. The summed E-state index contributed by atoms with van der Waals surface area (Å²) in [5, 5.41) is 12.0. The highest BCUT2D eigenvalue weighted by atomic mass is 32.1. The van der Waals surface area contributed by atoms with Gasteiger partial charge in [0, 0.05) is 45.7 Å². The predicted molar refractivity (Wildman–Crippen MR) is 94.6 cm³/mol. The van der Waals surface area contributed by atoms with Crippen LogP contribution < -0.4 is 10.2 Å². The number of hydrogen-bond donors (Lipinski definition) is 1. The van der Waals surface area contributed by atoms with Crippen LogP contribution in [0.5, 0.6) is 0 Å². The number of ether oxygens (including phenoxy) is 1. The van der Waals surface area contributed by atoms with Crippen LogP contribution in [-0.2, 0) is 16.1 Å². The van der Waals surface area contributed by atoms with Crippen LogP contribution in [0.15, 0.2) is 18.5 Å². The molecule has 0 atom stereocenters. The standard InChI is InChI=1S/C15H21N7O2S/c1-24-11-13-19-20-15(25-13)18-12(23)10-21-6-3-7-22(9-8-21)14-16-4-2-5-17-14/h2,4-5H,3,6-11H2,1H3,(H,18,20,23). The Morgan fingerprint density at radius 2 is 2.08 bits per heavy atom. The first-order valence-corrected chi connectivity index (χ1v) is 8.92. The molecule has 1 aliphatic rings. The van der Waals surface area contributed by atoms with Gasteiger partial charge in [-0.3, -0.25) is 15.0 Å². The van der Waals surface area contributed by atoms with E-state index in [0.29, 0.717) is 18.3 Å². The van der Waals surface area contributed by atoms with Crippen LogP contribution in [0.4, 0.5) is 11.1 Å². The highest BCUT2D eigenvalue weighted by Crippen LogP contribution is 2.16. The first-order chi connectivity index (χ1) is 12.2. The molecule has 2 aromatic rings. The predicted octanol–water partition coefficient (Wildman–Crippen LogP) is 0.625. The highest BCUT2D eigenvalue weighted by molar-refractivity contribution is 7.15. The van der Waals surface area contributed by atoms with E-state index in [2.05, 4.69) is 35.3 Å². The number of hydrogen-bond acceptors (Lipinski definition) is 9. The molecule has 0 saturated carbocycles. The molecule has 1 fully saturated rings. The molecule has 0 spiro atoms. The van der Waals surface area contributed by atoms with Crippen molar-refractivity contribution in [3.63, 3.8) is 0 Å². The van der Waals surface area contributed by atoms with Crippen LogP contribution in [0.3, 0.4) is 0 Å². The van der Waals surface area contributed by atoms with Gasteiger partial charge in [-0.25, -0.2) is 9.97 Å². The summed E-state index contributed by atoms with van der Waals surface area (Å²) in [7, 11) is 1.60. The van der Waals surface area contributed by atoms with Gasteiger partial charge < -0.3 is 9.64 Å². The normalized spacial score (nSPS) is 15.8. The minimum Gasteiger partial charge on any atom is -0.377 e. The third-order valence-electron chi connectivity index (χ3n) is 3.77. The average Bonchev–Trinajstić information content (AvgIpc) is 2.92. The fourth-order valence-electron chi connectivity index (χ4n) is 2.63. The Balaban J connectivity index is 1.48. The molecule has 9 nitrogen and oxygen atoms in total. The van der Waals surface area contributed by atoms with E-state index >= 15 is 0 Å². The molecule has 10 heteroatoms. The van der Waals surface area contributed by atoms with E-state index in [-0.39, 0.29) is 5.91 Å². The quantitative estimate of drug-likeness (QED) is 0.798. The van der Waals surface area contributed by atoms with Crippen LogP contribution in [0.25, 0.3) is 0 Å². The highest BCUT2D eigenvalue weighted by Gasteiger charge is 2.19. The molecule has 2 aromatic heterocycles. The number of methoxy groups -OCH3 is 1. The Morgan fingerprint density at radius 3 is 2.88 bits per heavy atom. The van der Waals surface area contributed by atoms with E-state index in [1.54, 1.807) is 19.5 Å². The Bertz CT molecular complexity index is 682. The van der Waals surface area contributed by atoms with Crippen molar-refractivity contribution in [3.8, 4) is 0 Å². The lowest BCUT2D eigenvalue weighted by atomic mass is 10.4. The second kappa shape index (κ2) is 8.79. The van der Waals surface area contributed by atoms with Gasteiger partial charge in [0.05, 0.1) is 6.54 Å². The van der Waals surface area contributed by atoms with E-state index in [1.807, 2.05) is 6.07 Å². The van der Waals surface area contributed by atoms with Crippen molar-refractivity contribution in [3.05, 3.63) is 23.5 Å². The van der Waals surface area contributed by atoms with Crippen molar-refractivity contribution in [1.82, 2.24) is 25.1 Å². The lowest BCUT2D eigenvalue weighted by Gasteiger charge is -2.21. The number of carbonyl (C=O) groups is 1.